The summed E-state index contributed by atoms with van der Waals surface area (Å²) in [6, 6.07) is 10.8. The SMILES string of the molecule is Cn1c(=O)n(-c2ccccn2)c2cc(Cl)ccc21. The second-order valence-corrected chi connectivity index (χ2v) is 4.43. The van der Waals surface area contributed by atoms with Gasteiger partial charge in [0.15, 0.2) is 0 Å². The van der Waals surface area contributed by atoms with Gasteiger partial charge in [-0.2, -0.15) is 0 Å². The molecule has 0 amide bonds. The molecule has 4 nitrogen and oxygen atoms in total. The molecule has 0 unspecified atom stereocenters. The second kappa shape index (κ2) is 3.99. The third-order valence-electron chi connectivity index (χ3n) is 2.90. The highest BCUT2D eigenvalue weighted by atomic mass is 35.5. The molecular formula is C13H10ClN3O. The lowest BCUT2D eigenvalue weighted by atomic mass is 10.3. The fourth-order valence-electron chi connectivity index (χ4n) is 2.02. The van der Waals surface area contributed by atoms with E-state index in [1.54, 1.807) is 40.6 Å². The molecule has 2 heterocycles. The summed E-state index contributed by atoms with van der Waals surface area (Å²) in [5.41, 5.74) is 1.45. The van der Waals surface area contributed by atoms with Crippen molar-refractivity contribution in [3.63, 3.8) is 0 Å². The maximum absolute atomic E-state index is 12.2. The predicted octanol–water partition coefficient (Wildman–Crippen LogP) is 2.38. The number of nitrogens with zero attached hydrogens (tertiary/aromatic N) is 3. The van der Waals surface area contributed by atoms with Gasteiger partial charge in [-0.3, -0.25) is 4.57 Å². The van der Waals surface area contributed by atoms with Gasteiger partial charge in [0.2, 0.25) is 0 Å². The number of hydrogen-bond acceptors (Lipinski definition) is 2. The van der Waals surface area contributed by atoms with E-state index in [4.69, 9.17) is 11.6 Å². The Hall–Kier alpha value is -2.07. The molecule has 2 aromatic heterocycles. The van der Waals surface area contributed by atoms with Gasteiger partial charge in [-0.25, -0.2) is 14.3 Å². The molecule has 0 saturated heterocycles. The summed E-state index contributed by atoms with van der Waals surface area (Å²) in [7, 11) is 1.73. The van der Waals surface area contributed by atoms with Crippen LogP contribution in [0, 0.1) is 0 Å². The Morgan fingerprint density at radius 3 is 2.72 bits per heavy atom. The normalized spacial score (nSPS) is 11.0. The molecule has 0 saturated carbocycles. The Morgan fingerprint density at radius 1 is 1.17 bits per heavy atom. The molecule has 5 heteroatoms. The maximum Gasteiger partial charge on any atom is 0.334 e. The van der Waals surface area contributed by atoms with Crippen LogP contribution in [-0.2, 0) is 7.05 Å². The van der Waals surface area contributed by atoms with Gasteiger partial charge in [0.05, 0.1) is 11.0 Å². The molecule has 0 atom stereocenters. The molecule has 0 N–H and O–H groups in total. The summed E-state index contributed by atoms with van der Waals surface area (Å²) >= 11 is 5.99. The number of fused-ring (bicyclic) bond motifs is 1. The maximum atomic E-state index is 12.2. The topological polar surface area (TPSA) is 39.8 Å². The van der Waals surface area contributed by atoms with Crippen LogP contribution in [0.4, 0.5) is 0 Å². The Bertz CT molecular complexity index is 774. The van der Waals surface area contributed by atoms with Crippen LogP contribution in [0.15, 0.2) is 47.4 Å². The van der Waals surface area contributed by atoms with Gasteiger partial charge in [0, 0.05) is 18.3 Å². The minimum absolute atomic E-state index is 0.133. The van der Waals surface area contributed by atoms with Gasteiger partial charge in [0.1, 0.15) is 5.82 Å². The quantitative estimate of drug-likeness (QED) is 0.673. The number of halogens is 1. The zero-order valence-electron chi connectivity index (χ0n) is 9.67. The van der Waals surface area contributed by atoms with Crippen LogP contribution in [0.5, 0.6) is 0 Å². The molecule has 0 aliphatic heterocycles. The number of imidazole rings is 1. The molecule has 18 heavy (non-hydrogen) atoms. The molecule has 3 rings (SSSR count). The lowest BCUT2D eigenvalue weighted by Crippen LogP contribution is -2.21. The molecule has 0 spiro atoms. The summed E-state index contributed by atoms with van der Waals surface area (Å²) in [6.45, 7) is 0. The second-order valence-electron chi connectivity index (χ2n) is 4.00. The number of benzene rings is 1. The van der Waals surface area contributed by atoms with E-state index in [0.29, 0.717) is 10.8 Å². The highest BCUT2D eigenvalue weighted by Gasteiger charge is 2.12. The minimum atomic E-state index is -0.133. The van der Waals surface area contributed by atoms with E-state index in [1.165, 1.54) is 0 Å². The zero-order chi connectivity index (χ0) is 12.7. The van der Waals surface area contributed by atoms with Crippen LogP contribution in [0.25, 0.3) is 16.9 Å². The van der Waals surface area contributed by atoms with E-state index in [9.17, 15) is 4.79 Å². The standard InChI is InChI=1S/C13H10ClN3O/c1-16-10-6-5-9(14)8-11(10)17(13(16)18)12-4-2-3-7-15-12/h2-8H,1H3. The fraction of sp³-hybridized carbons (Fsp3) is 0.0769. The first-order valence-electron chi connectivity index (χ1n) is 5.47. The van der Waals surface area contributed by atoms with Crippen LogP contribution in [-0.4, -0.2) is 14.1 Å². The molecule has 90 valence electrons. The lowest BCUT2D eigenvalue weighted by Gasteiger charge is -2.01. The Kier molecular flexibility index (Phi) is 2.45. The monoisotopic (exact) mass is 259 g/mol. The van der Waals surface area contributed by atoms with Gasteiger partial charge >= 0.3 is 5.69 Å². The highest BCUT2D eigenvalue weighted by Crippen LogP contribution is 2.20. The molecule has 3 aromatic rings. The smallest absolute Gasteiger partial charge is 0.295 e. The van der Waals surface area contributed by atoms with Crippen molar-refractivity contribution < 1.29 is 0 Å². The molecule has 0 fully saturated rings. The third-order valence-corrected chi connectivity index (χ3v) is 3.13. The van der Waals surface area contributed by atoms with E-state index < -0.39 is 0 Å². The van der Waals surface area contributed by atoms with E-state index in [0.717, 1.165) is 11.0 Å². The molecule has 0 radical (unpaired) electrons. The average molecular weight is 260 g/mol. The van der Waals surface area contributed by atoms with E-state index in [2.05, 4.69) is 4.98 Å². The van der Waals surface area contributed by atoms with Gasteiger partial charge in [0.25, 0.3) is 0 Å². The van der Waals surface area contributed by atoms with Crippen molar-refractivity contribution in [1.82, 2.24) is 14.1 Å². The summed E-state index contributed by atoms with van der Waals surface area (Å²) in [6.07, 6.45) is 1.66. The molecule has 0 aliphatic carbocycles. The number of pyridine rings is 1. The van der Waals surface area contributed by atoms with Crippen molar-refractivity contribution >= 4 is 22.6 Å². The molecule has 0 bridgehead atoms. The molecule has 0 aliphatic rings. The summed E-state index contributed by atoms with van der Waals surface area (Å²) in [4.78, 5) is 16.5. The van der Waals surface area contributed by atoms with Crippen LogP contribution in [0.1, 0.15) is 0 Å². The highest BCUT2D eigenvalue weighted by molar-refractivity contribution is 6.31. The first-order chi connectivity index (χ1) is 8.68. The van der Waals surface area contributed by atoms with Gasteiger partial charge in [-0.05, 0) is 30.3 Å². The number of aromatic nitrogens is 3. The van der Waals surface area contributed by atoms with Gasteiger partial charge in [-0.15, -0.1) is 0 Å². The van der Waals surface area contributed by atoms with Gasteiger partial charge in [-0.1, -0.05) is 17.7 Å². The van der Waals surface area contributed by atoms with Crippen molar-refractivity contribution in [3.05, 3.63) is 58.1 Å². The predicted molar refractivity (Wildman–Crippen MR) is 71.3 cm³/mol. The minimum Gasteiger partial charge on any atom is -0.295 e. The van der Waals surface area contributed by atoms with Crippen molar-refractivity contribution in [3.8, 4) is 5.82 Å². The Balaban J connectivity index is 2.46. The van der Waals surface area contributed by atoms with Crippen molar-refractivity contribution in [2.75, 3.05) is 0 Å². The summed E-state index contributed by atoms with van der Waals surface area (Å²) < 4.78 is 3.14. The largest absolute Gasteiger partial charge is 0.334 e. The number of aryl methyl sites for hydroxylation is 1. The van der Waals surface area contributed by atoms with Gasteiger partial charge < -0.3 is 0 Å². The Labute approximate surface area is 108 Å². The van der Waals surface area contributed by atoms with E-state index in [1.807, 2.05) is 18.2 Å². The molecular weight excluding hydrogens is 250 g/mol. The van der Waals surface area contributed by atoms with Crippen LogP contribution in [0.2, 0.25) is 5.02 Å². The molecule has 1 aromatic carbocycles. The fourth-order valence-corrected chi connectivity index (χ4v) is 2.19. The zero-order valence-corrected chi connectivity index (χ0v) is 10.4. The van der Waals surface area contributed by atoms with Crippen molar-refractivity contribution in [2.24, 2.45) is 7.05 Å². The first kappa shape index (κ1) is 11.0. The van der Waals surface area contributed by atoms with Crippen LogP contribution >= 0.6 is 11.6 Å². The summed E-state index contributed by atoms with van der Waals surface area (Å²) in [5.74, 6) is 0.593. The third kappa shape index (κ3) is 1.54. The van der Waals surface area contributed by atoms with Crippen molar-refractivity contribution in [2.45, 2.75) is 0 Å². The lowest BCUT2D eigenvalue weighted by molar-refractivity contribution is 0.834. The van der Waals surface area contributed by atoms with Crippen molar-refractivity contribution in [1.29, 1.82) is 0 Å². The Morgan fingerprint density at radius 2 is 2.00 bits per heavy atom. The first-order valence-corrected chi connectivity index (χ1v) is 5.84. The van der Waals surface area contributed by atoms with E-state index in [-0.39, 0.29) is 5.69 Å². The number of rotatable bonds is 1. The van der Waals surface area contributed by atoms with Crippen LogP contribution < -0.4 is 5.69 Å². The van der Waals surface area contributed by atoms with Crippen LogP contribution in [0.3, 0.4) is 0 Å². The summed E-state index contributed by atoms with van der Waals surface area (Å²) in [5, 5.41) is 0.595. The van der Waals surface area contributed by atoms with E-state index >= 15 is 0 Å². The number of hydrogen-bond donors (Lipinski definition) is 0. The average Bonchev–Trinajstić information content (AvgIpc) is 2.63.